The zero-order chi connectivity index (χ0) is 11.7. The van der Waals surface area contributed by atoms with E-state index in [-0.39, 0.29) is 0 Å². The number of nitrogens with zero attached hydrogens (tertiary/aromatic N) is 1. The summed E-state index contributed by atoms with van der Waals surface area (Å²) >= 11 is 6.28. The van der Waals surface area contributed by atoms with Crippen molar-refractivity contribution in [2.75, 3.05) is 7.05 Å². The molecule has 0 radical (unpaired) electrons. The van der Waals surface area contributed by atoms with Crippen LogP contribution in [0.4, 0.5) is 0 Å². The second-order valence-electron chi connectivity index (χ2n) is 4.31. The van der Waals surface area contributed by atoms with Crippen molar-refractivity contribution in [3.05, 3.63) is 35.0 Å². The van der Waals surface area contributed by atoms with Crippen LogP contribution in [-0.4, -0.2) is 11.6 Å². The Morgan fingerprint density at radius 3 is 2.75 bits per heavy atom. The molecule has 0 aliphatic rings. The first kappa shape index (κ1) is 11.5. The summed E-state index contributed by atoms with van der Waals surface area (Å²) in [5, 5.41) is 5.24. The van der Waals surface area contributed by atoms with E-state index in [9.17, 15) is 0 Å². The highest BCUT2D eigenvalue weighted by molar-refractivity contribution is 6.35. The lowest BCUT2D eigenvalue weighted by Gasteiger charge is -2.15. The van der Waals surface area contributed by atoms with Gasteiger partial charge in [0.05, 0.1) is 10.5 Å². The minimum atomic E-state index is 0.417. The quantitative estimate of drug-likeness (QED) is 0.862. The van der Waals surface area contributed by atoms with Gasteiger partial charge in [-0.15, -0.1) is 0 Å². The molecular formula is C13H17ClN2. The van der Waals surface area contributed by atoms with Gasteiger partial charge in [0, 0.05) is 23.7 Å². The van der Waals surface area contributed by atoms with Gasteiger partial charge < -0.3 is 9.88 Å². The van der Waals surface area contributed by atoms with Gasteiger partial charge in [-0.1, -0.05) is 23.7 Å². The zero-order valence-corrected chi connectivity index (χ0v) is 10.7. The summed E-state index contributed by atoms with van der Waals surface area (Å²) in [5.41, 5.74) is 2.42. The highest BCUT2D eigenvalue weighted by atomic mass is 35.5. The molecule has 0 fully saturated rings. The number of para-hydroxylation sites is 1. The van der Waals surface area contributed by atoms with Crippen LogP contribution < -0.4 is 5.32 Å². The van der Waals surface area contributed by atoms with E-state index < -0.39 is 0 Å². The molecule has 0 amide bonds. The molecule has 0 saturated heterocycles. The van der Waals surface area contributed by atoms with Gasteiger partial charge in [-0.3, -0.25) is 0 Å². The second-order valence-corrected chi connectivity index (χ2v) is 4.71. The summed E-state index contributed by atoms with van der Waals surface area (Å²) in [6, 6.07) is 8.68. The van der Waals surface area contributed by atoms with Crippen molar-refractivity contribution in [3.63, 3.8) is 0 Å². The van der Waals surface area contributed by atoms with Crippen LogP contribution in [0.3, 0.4) is 0 Å². The van der Waals surface area contributed by atoms with Crippen LogP contribution in [0.2, 0.25) is 5.02 Å². The van der Waals surface area contributed by atoms with Crippen LogP contribution in [0, 0.1) is 0 Å². The standard InChI is InChI=1S/C13H17ClN2/c1-9(2)16-11(8-15-3)7-10-5-4-6-12(14)13(10)16/h4-7,9,15H,8H2,1-3H3. The Hall–Kier alpha value is -0.990. The van der Waals surface area contributed by atoms with Crippen molar-refractivity contribution in [3.8, 4) is 0 Å². The monoisotopic (exact) mass is 236 g/mol. The van der Waals surface area contributed by atoms with Crippen LogP contribution in [0.25, 0.3) is 10.9 Å². The summed E-state index contributed by atoms with van der Waals surface area (Å²) in [6.07, 6.45) is 0. The molecular weight excluding hydrogens is 220 g/mol. The molecule has 1 heterocycles. The molecule has 2 aromatic rings. The molecule has 0 unspecified atom stereocenters. The van der Waals surface area contributed by atoms with Crippen molar-refractivity contribution >= 4 is 22.5 Å². The molecule has 2 rings (SSSR count). The molecule has 0 aliphatic heterocycles. The zero-order valence-electron chi connectivity index (χ0n) is 9.92. The van der Waals surface area contributed by atoms with E-state index in [1.54, 1.807) is 0 Å². The predicted octanol–water partition coefficient (Wildman–Crippen LogP) is 3.60. The number of nitrogens with one attached hydrogen (secondary N) is 1. The lowest BCUT2D eigenvalue weighted by molar-refractivity contribution is 0.581. The van der Waals surface area contributed by atoms with Crippen molar-refractivity contribution in [1.29, 1.82) is 0 Å². The average molecular weight is 237 g/mol. The SMILES string of the molecule is CNCc1cc2cccc(Cl)c2n1C(C)C. The number of aromatic nitrogens is 1. The molecule has 0 atom stereocenters. The molecule has 0 saturated carbocycles. The van der Waals surface area contributed by atoms with Crippen molar-refractivity contribution in [2.24, 2.45) is 0 Å². The lowest BCUT2D eigenvalue weighted by atomic mass is 10.2. The Bertz CT molecular complexity index is 500. The van der Waals surface area contributed by atoms with Gasteiger partial charge >= 0.3 is 0 Å². The molecule has 16 heavy (non-hydrogen) atoms. The number of rotatable bonds is 3. The highest BCUT2D eigenvalue weighted by Crippen LogP contribution is 2.29. The van der Waals surface area contributed by atoms with Crippen molar-refractivity contribution in [2.45, 2.75) is 26.4 Å². The summed E-state index contributed by atoms with van der Waals surface area (Å²) < 4.78 is 2.30. The molecule has 0 aliphatic carbocycles. The molecule has 0 bridgehead atoms. The minimum Gasteiger partial charge on any atom is -0.340 e. The average Bonchev–Trinajstić information content (AvgIpc) is 2.58. The first-order valence-electron chi connectivity index (χ1n) is 5.58. The topological polar surface area (TPSA) is 17.0 Å². The number of halogens is 1. The molecule has 86 valence electrons. The van der Waals surface area contributed by atoms with Crippen LogP contribution in [0.5, 0.6) is 0 Å². The number of benzene rings is 1. The van der Waals surface area contributed by atoms with Gasteiger partial charge in [-0.25, -0.2) is 0 Å². The minimum absolute atomic E-state index is 0.417. The number of hydrogen-bond acceptors (Lipinski definition) is 1. The smallest absolute Gasteiger partial charge is 0.0674 e. The molecule has 1 aromatic heterocycles. The van der Waals surface area contributed by atoms with E-state index in [1.165, 1.54) is 11.1 Å². The highest BCUT2D eigenvalue weighted by Gasteiger charge is 2.12. The summed E-state index contributed by atoms with van der Waals surface area (Å²) in [6.45, 7) is 5.23. The summed E-state index contributed by atoms with van der Waals surface area (Å²) in [7, 11) is 1.96. The molecule has 0 spiro atoms. The maximum Gasteiger partial charge on any atom is 0.0674 e. The normalized spacial score (nSPS) is 11.6. The van der Waals surface area contributed by atoms with Crippen LogP contribution in [0.15, 0.2) is 24.3 Å². The van der Waals surface area contributed by atoms with Crippen LogP contribution in [0.1, 0.15) is 25.6 Å². The van der Waals surface area contributed by atoms with E-state index in [0.717, 1.165) is 17.1 Å². The Balaban J connectivity index is 2.72. The maximum atomic E-state index is 6.28. The Kier molecular flexibility index (Phi) is 3.22. The van der Waals surface area contributed by atoms with Crippen molar-refractivity contribution in [1.82, 2.24) is 9.88 Å². The van der Waals surface area contributed by atoms with Gasteiger partial charge in [0.25, 0.3) is 0 Å². The third kappa shape index (κ3) is 1.83. The van der Waals surface area contributed by atoms with Crippen LogP contribution >= 0.6 is 11.6 Å². The largest absolute Gasteiger partial charge is 0.340 e. The van der Waals surface area contributed by atoms with Gasteiger partial charge in [-0.05, 0) is 33.0 Å². The molecule has 3 heteroatoms. The molecule has 2 nitrogen and oxygen atoms in total. The molecule has 1 N–H and O–H groups in total. The van der Waals surface area contributed by atoms with E-state index in [2.05, 4.69) is 35.9 Å². The lowest BCUT2D eigenvalue weighted by Crippen LogP contribution is -2.12. The first-order valence-corrected chi connectivity index (χ1v) is 5.96. The van der Waals surface area contributed by atoms with Gasteiger partial charge in [0.2, 0.25) is 0 Å². The third-order valence-electron chi connectivity index (χ3n) is 2.76. The van der Waals surface area contributed by atoms with Crippen LogP contribution in [-0.2, 0) is 6.54 Å². The van der Waals surface area contributed by atoms with Gasteiger partial charge in [0.1, 0.15) is 0 Å². The van der Waals surface area contributed by atoms with Gasteiger partial charge in [-0.2, -0.15) is 0 Å². The fourth-order valence-corrected chi connectivity index (χ4v) is 2.48. The Morgan fingerprint density at radius 2 is 2.12 bits per heavy atom. The van der Waals surface area contributed by atoms with E-state index in [4.69, 9.17) is 11.6 Å². The maximum absolute atomic E-state index is 6.28. The first-order chi connectivity index (χ1) is 7.65. The Labute approximate surface area is 101 Å². The van der Waals surface area contributed by atoms with Gasteiger partial charge in [0.15, 0.2) is 0 Å². The molecule has 1 aromatic carbocycles. The van der Waals surface area contributed by atoms with E-state index in [1.807, 2.05) is 19.2 Å². The second kappa shape index (κ2) is 4.48. The van der Waals surface area contributed by atoms with E-state index in [0.29, 0.717) is 6.04 Å². The fourth-order valence-electron chi connectivity index (χ4n) is 2.20. The predicted molar refractivity (Wildman–Crippen MR) is 70.1 cm³/mol. The fraction of sp³-hybridized carbons (Fsp3) is 0.385. The third-order valence-corrected chi connectivity index (χ3v) is 3.07. The summed E-state index contributed by atoms with van der Waals surface area (Å²) in [5.74, 6) is 0. The number of fused-ring (bicyclic) bond motifs is 1. The number of hydrogen-bond donors (Lipinski definition) is 1. The van der Waals surface area contributed by atoms with E-state index >= 15 is 0 Å². The van der Waals surface area contributed by atoms with Crippen molar-refractivity contribution < 1.29 is 0 Å². The summed E-state index contributed by atoms with van der Waals surface area (Å²) in [4.78, 5) is 0. The Morgan fingerprint density at radius 1 is 1.38 bits per heavy atom.